The maximum absolute atomic E-state index is 12.9. The number of aryl methyl sites for hydroxylation is 1. The van der Waals surface area contributed by atoms with E-state index in [0.29, 0.717) is 5.69 Å². The minimum Gasteiger partial charge on any atom is -0.364 e. The van der Waals surface area contributed by atoms with Crippen LogP contribution in [0.3, 0.4) is 0 Å². The summed E-state index contributed by atoms with van der Waals surface area (Å²) < 4.78 is 5.63. The quantitative estimate of drug-likeness (QED) is 0.352. The molecule has 1 heterocycles. The lowest BCUT2D eigenvalue weighted by Crippen LogP contribution is -2.27. The smallest absolute Gasteiger partial charge is 0.233 e. The average Bonchev–Trinajstić information content (AvgIpc) is 2.84. The molecule has 6 nitrogen and oxygen atoms in total. The van der Waals surface area contributed by atoms with Gasteiger partial charge < -0.3 is 20.9 Å². The first-order chi connectivity index (χ1) is 16.0. The van der Waals surface area contributed by atoms with E-state index in [2.05, 4.69) is 10.3 Å². The van der Waals surface area contributed by atoms with E-state index in [1.54, 1.807) is 12.4 Å². The molecule has 168 valence electrons. The van der Waals surface area contributed by atoms with Crippen molar-refractivity contribution in [2.45, 2.75) is 25.7 Å². The lowest BCUT2D eigenvalue weighted by molar-refractivity contribution is -0.117. The number of nitrogens with one attached hydrogen (secondary N) is 1. The SMILES string of the molecule is Cc1ccccc1C(O)OCc1ccc(C(CN)C(=O)Nc2ccc3cnccc3c2)cc1. The zero-order valence-corrected chi connectivity index (χ0v) is 18.4. The van der Waals surface area contributed by atoms with E-state index >= 15 is 0 Å². The molecule has 0 aliphatic carbocycles. The predicted molar refractivity (Wildman–Crippen MR) is 130 cm³/mol. The van der Waals surface area contributed by atoms with Gasteiger partial charge >= 0.3 is 0 Å². The van der Waals surface area contributed by atoms with Crippen molar-refractivity contribution in [1.29, 1.82) is 0 Å². The van der Waals surface area contributed by atoms with E-state index in [9.17, 15) is 9.90 Å². The molecule has 3 aromatic carbocycles. The van der Waals surface area contributed by atoms with Gasteiger partial charge in [-0.15, -0.1) is 0 Å². The minimum absolute atomic E-state index is 0.162. The number of hydrogen-bond acceptors (Lipinski definition) is 5. The summed E-state index contributed by atoms with van der Waals surface area (Å²) >= 11 is 0. The fourth-order valence-electron chi connectivity index (χ4n) is 3.76. The number of nitrogens with two attached hydrogens (primary N) is 1. The molecule has 0 aliphatic heterocycles. The number of anilines is 1. The van der Waals surface area contributed by atoms with Gasteiger partial charge in [-0.05, 0) is 47.2 Å². The number of carbonyl (C=O) groups excluding carboxylic acids is 1. The largest absolute Gasteiger partial charge is 0.364 e. The Morgan fingerprint density at radius 2 is 1.85 bits per heavy atom. The summed E-state index contributed by atoms with van der Waals surface area (Å²) in [7, 11) is 0. The van der Waals surface area contributed by atoms with Crippen LogP contribution in [0.2, 0.25) is 0 Å². The van der Waals surface area contributed by atoms with E-state index in [-0.39, 0.29) is 19.1 Å². The highest BCUT2D eigenvalue weighted by atomic mass is 16.6. The summed E-state index contributed by atoms with van der Waals surface area (Å²) in [5, 5.41) is 15.3. The number of aliphatic hydroxyl groups is 1. The van der Waals surface area contributed by atoms with Crippen LogP contribution in [-0.4, -0.2) is 22.5 Å². The van der Waals surface area contributed by atoms with Crippen molar-refractivity contribution < 1.29 is 14.6 Å². The van der Waals surface area contributed by atoms with E-state index < -0.39 is 12.2 Å². The molecule has 4 N–H and O–H groups in total. The zero-order valence-electron chi connectivity index (χ0n) is 18.4. The molecule has 1 aromatic heterocycles. The van der Waals surface area contributed by atoms with E-state index in [1.807, 2.05) is 79.7 Å². The van der Waals surface area contributed by atoms with Gasteiger partial charge in [-0.1, -0.05) is 54.6 Å². The number of carbonyl (C=O) groups is 1. The number of amides is 1. The molecule has 0 saturated heterocycles. The maximum Gasteiger partial charge on any atom is 0.233 e. The highest BCUT2D eigenvalue weighted by Gasteiger charge is 2.19. The normalized spacial score (nSPS) is 12.9. The Bertz CT molecular complexity index is 1240. The Kier molecular flexibility index (Phi) is 7.10. The Balaban J connectivity index is 1.39. The number of ether oxygens (including phenoxy) is 1. The number of rotatable bonds is 8. The van der Waals surface area contributed by atoms with Crippen LogP contribution in [0.5, 0.6) is 0 Å². The van der Waals surface area contributed by atoms with Gasteiger partial charge in [0, 0.05) is 35.6 Å². The minimum atomic E-state index is -0.994. The lowest BCUT2D eigenvalue weighted by Gasteiger charge is -2.17. The second-order valence-corrected chi connectivity index (χ2v) is 7.98. The van der Waals surface area contributed by atoms with Crippen molar-refractivity contribution in [2.75, 3.05) is 11.9 Å². The van der Waals surface area contributed by atoms with Gasteiger partial charge in [0.1, 0.15) is 0 Å². The van der Waals surface area contributed by atoms with Crippen LogP contribution in [-0.2, 0) is 16.1 Å². The first kappa shape index (κ1) is 22.6. The first-order valence-electron chi connectivity index (χ1n) is 10.8. The fraction of sp³-hybridized carbons (Fsp3) is 0.185. The Hall–Kier alpha value is -3.58. The van der Waals surface area contributed by atoms with E-state index in [0.717, 1.165) is 33.0 Å². The number of hydrogen-bond donors (Lipinski definition) is 3. The van der Waals surface area contributed by atoms with Gasteiger partial charge in [0.15, 0.2) is 6.29 Å². The highest BCUT2D eigenvalue weighted by molar-refractivity contribution is 5.98. The molecular weight excluding hydrogens is 414 g/mol. The number of benzene rings is 3. The number of aromatic nitrogens is 1. The zero-order chi connectivity index (χ0) is 23.2. The molecule has 6 heteroatoms. The molecule has 2 atom stereocenters. The number of nitrogens with zero attached hydrogens (tertiary/aromatic N) is 1. The molecule has 4 rings (SSSR count). The molecular formula is C27H27N3O3. The fourth-order valence-corrected chi connectivity index (χ4v) is 3.76. The van der Waals surface area contributed by atoms with Gasteiger partial charge in [0.25, 0.3) is 0 Å². The van der Waals surface area contributed by atoms with Gasteiger partial charge in [-0.2, -0.15) is 0 Å². The maximum atomic E-state index is 12.9. The Labute approximate surface area is 193 Å². The summed E-state index contributed by atoms with van der Waals surface area (Å²) in [6.45, 7) is 2.37. The Morgan fingerprint density at radius 3 is 2.61 bits per heavy atom. The molecule has 2 unspecified atom stereocenters. The topological polar surface area (TPSA) is 97.5 Å². The van der Waals surface area contributed by atoms with Crippen molar-refractivity contribution >= 4 is 22.4 Å². The van der Waals surface area contributed by atoms with Crippen LogP contribution in [0.15, 0.2) is 85.2 Å². The molecule has 1 amide bonds. The summed E-state index contributed by atoms with van der Waals surface area (Å²) in [5.74, 6) is -0.643. The summed E-state index contributed by atoms with van der Waals surface area (Å²) in [6.07, 6.45) is 2.52. The van der Waals surface area contributed by atoms with Gasteiger partial charge in [-0.3, -0.25) is 9.78 Å². The molecule has 0 spiro atoms. The lowest BCUT2D eigenvalue weighted by atomic mass is 9.97. The van der Waals surface area contributed by atoms with Crippen molar-refractivity contribution in [3.05, 3.63) is 107 Å². The third-order valence-electron chi connectivity index (χ3n) is 5.70. The van der Waals surface area contributed by atoms with Crippen LogP contribution in [0.1, 0.15) is 34.5 Å². The third kappa shape index (κ3) is 5.43. The van der Waals surface area contributed by atoms with Crippen molar-refractivity contribution in [2.24, 2.45) is 5.73 Å². The van der Waals surface area contributed by atoms with Crippen LogP contribution in [0.4, 0.5) is 5.69 Å². The molecule has 0 bridgehead atoms. The van der Waals surface area contributed by atoms with Gasteiger partial charge in [-0.25, -0.2) is 0 Å². The van der Waals surface area contributed by atoms with Gasteiger partial charge in [0.05, 0.1) is 12.5 Å². The highest BCUT2D eigenvalue weighted by Crippen LogP contribution is 2.23. The summed E-state index contributed by atoms with van der Waals surface area (Å²) in [6, 6.07) is 22.7. The van der Waals surface area contributed by atoms with E-state index in [1.165, 1.54) is 0 Å². The Morgan fingerprint density at radius 1 is 1.06 bits per heavy atom. The van der Waals surface area contributed by atoms with Crippen molar-refractivity contribution in [3.8, 4) is 0 Å². The second kappa shape index (κ2) is 10.4. The molecule has 0 radical (unpaired) electrons. The van der Waals surface area contributed by atoms with Crippen LogP contribution in [0, 0.1) is 6.92 Å². The second-order valence-electron chi connectivity index (χ2n) is 7.98. The van der Waals surface area contributed by atoms with Crippen LogP contribution in [0.25, 0.3) is 10.8 Å². The summed E-state index contributed by atoms with van der Waals surface area (Å²) in [5.41, 5.74) is 10.1. The third-order valence-corrected chi connectivity index (χ3v) is 5.70. The molecule has 0 fully saturated rings. The predicted octanol–water partition coefficient (Wildman–Crippen LogP) is 4.43. The van der Waals surface area contributed by atoms with Crippen molar-refractivity contribution in [1.82, 2.24) is 4.98 Å². The monoisotopic (exact) mass is 441 g/mol. The summed E-state index contributed by atoms with van der Waals surface area (Å²) in [4.78, 5) is 17.0. The van der Waals surface area contributed by atoms with Crippen LogP contribution < -0.4 is 11.1 Å². The van der Waals surface area contributed by atoms with Gasteiger partial charge in [0.2, 0.25) is 5.91 Å². The standard InChI is InChI=1S/C27H27N3O3/c1-18-4-2-3-5-24(18)27(32)33-17-19-6-8-20(9-7-19)25(15-28)26(31)30-23-11-10-22-16-29-13-12-21(22)14-23/h2-14,16,25,27,32H,15,17,28H2,1H3,(H,30,31). The van der Waals surface area contributed by atoms with E-state index in [4.69, 9.17) is 10.5 Å². The molecule has 4 aromatic rings. The molecule has 0 saturated carbocycles. The first-order valence-corrected chi connectivity index (χ1v) is 10.8. The molecule has 0 aliphatic rings. The number of aliphatic hydroxyl groups excluding tert-OH is 1. The number of fused-ring (bicyclic) bond motifs is 1. The van der Waals surface area contributed by atoms with Crippen molar-refractivity contribution in [3.63, 3.8) is 0 Å². The average molecular weight is 442 g/mol. The van der Waals surface area contributed by atoms with Crippen LogP contribution >= 0.6 is 0 Å². The number of pyridine rings is 1. The molecule has 33 heavy (non-hydrogen) atoms.